The molecule has 0 N–H and O–H groups in total. The van der Waals surface area contributed by atoms with Gasteiger partial charge in [0.1, 0.15) is 0 Å². The molecule has 0 saturated heterocycles. The number of aryl methyl sites for hydroxylation is 2. The van der Waals surface area contributed by atoms with E-state index in [4.69, 9.17) is 0 Å². The summed E-state index contributed by atoms with van der Waals surface area (Å²) in [4.78, 5) is 0. The monoisotopic (exact) mass is 177 g/mol. The van der Waals surface area contributed by atoms with Gasteiger partial charge in [0.15, 0.2) is 0 Å². The highest BCUT2D eigenvalue weighted by Crippen LogP contribution is 2.15. The zero-order valence-electron chi connectivity index (χ0n) is 8.88. The average molecular weight is 177 g/mol. The van der Waals surface area contributed by atoms with E-state index in [1.807, 2.05) is 6.08 Å². The Kier molecular flexibility index (Phi) is 3.35. The van der Waals surface area contributed by atoms with Crippen LogP contribution in [0.4, 0.5) is 0 Å². The largest absolute Gasteiger partial charge is 0.351 e. The Morgan fingerprint density at radius 1 is 1.54 bits per heavy atom. The summed E-state index contributed by atoms with van der Waals surface area (Å²) in [6, 6.07) is 2.19. The van der Waals surface area contributed by atoms with Crippen molar-refractivity contribution in [2.45, 2.75) is 26.7 Å². The lowest BCUT2D eigenvalue weighted by Gasteiger charge is -2.05. The van der Waals surface area contributed by atoms with Gasteiger partial charge in [-0.1, -0.05) is 20.4 Å². The molecule has 0 fully saturated rings. The molecule has 0 spiro atoms. The topological polar surface area (TPSA) is 4.93 Å². The fourth-order valence-electron chi connectivity index (χ4n) is 1.52. The average Bonchev–Trinajstić information content (AvgIpc) is 2.42. The molecule has 1 heterocycles. The third kappa shape index (κ3) is 2.48. The molecule has 0 aliphatic heterocycles. The Hall–Kier alpha value is -0.980. The molecule has 13 heavy (non-hydrogen) atoms. The molecule has 0 aliphatic rings. The Bertz CT molecular complexity index is 281. The molecule has 0 aromatic carbocycles. The minimum atomic E-state index is 0.776. The Morgan fingerprint density at radius 3 is 2.77 bits per heavy atom. The molecule has 0 bridgehead atoms. The summed E-state index contributed by atoms with van der Waals surface area (Å²) in [5.74, 6) is 0.776. The van der Waals surface area contributed by atoms with Crippen LogP contribution in [0.5, 0.6) is 0 Å². The number of rotatable bonds is 4. The molecule has 0 saturated carbocycles. The highest BCUT2D eigenvalue weighted by Gasteiger charge is 2.03. The van der Waals surface area contributed by atoms with Gasteiger partial charge in [0.05, 0.1) is 0 Å². The van der Waals surface area contributed by atoms with E-state index in [9.17, 15) is 0 Å². The van der Waals surface area contributed by atoms with Gasteiger partial charge in [-0.2, -0.15) is 0 Å². The van der Waals surface area contributed by atoms with Gasteiger partial charge in [-0.25, -0.2) is 0 Å². The SMILES string of the molecule is C=Cc1c(CCC(C)C)ccn1C. The summed E-state index contributed by atoms with van der Waals surface area (Å²) in [5, 5.41) is 0. The van der Waals surface area contributed by atoms with Crippen molar-refractivity contribution in [2.75, 3.05) is 0 Å². The lowest BCUT2D eigenvalue weighted by atomic mass is 10.0. The Balaban J connectivity index is 2.71. The van der Waals surface area contributed by atoms with Crippen LogP contribution in [-0.2, 0) is 13.5 Å². The highest BCUT2D eigenvalue weighted by atomic mass is 14.9. The van der Waals surface area contributed by atoms with E-state index in [1.54, 1.807) is 0 Å². The summed E-state index contributed by atoms with van der Waals surface area (Å²) in [6.45, 7) is 8.35. The third-order valence-electron chi connectivity index (χ3n) is 2.39. The van der Waals surface area contributed by atoms with Crippen molar-refractivity contribution < 1.29 is 0 Å². The fraction of sp³-hybridized carbons (Fsp3) is 0.500. The van der Waals surface area contributed by atoms with Crippen LogP contribution >= 0.6 is 0 Å². The standard InChI is InChI=1S/C12H19N/c1-5-12-11(7-6-10(2)3)8-9-13(12)4/h5,8-10H,1,6-7H2,2-4H3. The highest BCUT2D eigenvalue weighted by molar-refractivity contribution is 5.48. The van der Waals surface area contributed by atoms with Crippen molar-refractivity contribution in [3.05, 3.63) is 30.1 Å². The zero-order valence-corrected chi connectivity index (χ0v) is 8.88. The van der Waals surface area contributed by atoms with Gasteiger partial charge in [0.25, 0.3) is 0 Å². The van der Waals surface area contributed by atoms with E-state index in [2.05, 4.69) is 44.3 Å². The first kappa shape index (κ1) is 10.1. The zero-order chi connectivity index (χ0) is 9.84. The van der Waals surface area contributed by atoms with Crippen molar-refractivity contribution in [2.24, 2.45) is 13.0 Å². The molecule has 0 amide bonds. The number of hydrogen-bond donors (Lipinski definition) is 0. The van der Waals surface area contributed by atoms with Crippen LogP contribution in [0.25, 0.3) is 6.08 Å². The molecule has 0 radical (unpaired) electrons. The second-order valence-corrected chi connectivity index (χ2v) is 3.97. The van der Waals surface area contributed by atoms with Crippen LogP contribution in [0, 0.1) is 5.92 Å². The molecular weight excluding hydrogens is 158 g/mol. The maximum atomic E-state index is 3.83. The van der Waals surface area contributed by atoms with Gasteiger partial charge in [-0.05, 0) is 36.5 Å². The molecule has 1 nitrogen and oxygen atoms in total. The van der Waals surface area contributed by atoms with Crippen LogP contribution < -0.4 is 0 Å². The summed E-state index contributed by atoms with van der Waals surface area (Å²) in [5.41, 5.74) is 2.69. The van der Waals surface area contributed by atoms with E-state index in [1.165, 1.54) is 24.1 Å². The van der Waals surface area contributed by atoms with Gasteiger partial charge in [-0.15, -0.1) is 0 Å². The molecule has 0 unspecified atom stereocenters. The number of hydrogen-bond acceptors (Lipinski definition) is 0. The first-order valence-corrected chi connectivity index (χ1v) is 4.91. The fourth-order valence-corrected chi connectivity index (χ4v) is 1.52. The quantitative estimate of drug-likeness (QED) is 0.665. The summed E-state index contributed by atoms with van der Waals surface area (Å²) in [7, 11) is 2.07. The normalized spacial score (nSPS) is 10.8. The van der Waals surface area contributed by atoms with E-state index in [0.29, 0.717) is 0 Å². The van der Waals surface area contributed by atoms with Crippen molar-refractivity contribution in [1.29, 1.82) is 0 Å². The van der Waals surface area contributed by atoms with E-state index < -0.39 is 0 Å². The molecule has 0 atom stereocenters. The van der Waals surface area contributed by atoms with Crippen molar-refractivity contribution in [1.82, 2.24) is 4.57 Å². The van der Waals surface area contributed by atoms with E-state index >= 15 is 0 Å². The van der Waals surface area contributed by atoms with Crippen LogP contribution in [0.1, 0.15) is 31.5 Å². The maximum absolute atomic E-state index is 3.83. The van der Waals surface area contributed by atoms with Crippen LogP contribution in [0.2, 0.25) is 0 Å². The maximum Gasteiger partial charge on any atom is 0.0430 e. The first-order valence-electron chi connectivity index (χ1n) is 4.91. The first-order chi connectivity index (χ1) is 6.15. The Labute approximate surface area is 81.1 Å². The van der Waals surface area contributed by atoms with Crippen LogP contribution in [0.15, 0.2) is 18.8 Å². The van der Waals surface area contributed by atoms with Crippen molar-refractivity contribution >= 4 is 6.08 Å². The van der Waals surface area contributed by atoms with Crippen LogP contribution in [-0.4, -0.2) is 4.57 Å². The van der Waals surface area contributed by atoms with Crippen molar-refractivity contribution in [3.8, 4) is 0 Å². The Morgan fingerprint density at radius 2 is 2.23 bits per heavy atom. The summed E-state index contributed by atoms with van der Waals surface area (Å²) in [6.07, 6.45) is 6.47. The van der Waals surface area contributed by atoms with Gasteiger partial charge in [0.2, 0.25) is 0 Å². The van der Waals surface area contributed by atoms with Crippen molar-refractivity contribution in [3.63, 3.8) is 0 Å². The lowest BCUT2D eigenvalue weighted by molar-refractivity contribution is 0.586. The second kappa shape index (κ2) is 4.31. The summed E-state index contributed by atoms with van der Waals surface area (Å²) < 4.78 is 2.13. The van der Waals surface area contributed by atoms with Gasteiger partial charge >= 0.3 is 0 Å². The van der Waals surface area contributed by atoms with Crippen LogP contribution in [0.3, 0.4) is 0 Å². The summed E-state index contributed by atoms with van der Waals surface area (Å²) >= 11 is 0. The molecular formula is C12H19N. The van der Waals surface area contributed by atoms with E-state index in [0.717, 1.165) is 5.92 Å². The minimum absolute atomic E-state index is 0.776. The predicted octanol–water partition coefficient (Wildman–Crippen LogP) is 3.26. The van der Waals surface area contributed by atoms with Gasteiger partial charge in [0, 0.05) is 18.9 Å². The molecule has 72 valence electrons. The number of nitrogens with zero attached hydrogens (tertiary/aromatic N) is 1. The third-order valence-corrected chi connectivity index (χ3v) is 2.39. The predicted molar refractivity (Wildman–Crippen MR) is 58.7 cm³/mol. The molecule has 1 heteroatoms. The molecule has 1 aromatic rings. The number of aromatic nitrogens is 1. The molecule has 1 aromatic heterocycles. The van der Waals surface area contributed by atoms with E-state index in [-0.39, 0.29) is 0 Å². The lowest BCUT2D eigenvalue weighted by Crippen LogP contribution is -1.95. The smallest absolute Gasteiger partial charge is 0.0430 e. The minimum Gasteiger partial charge on any atom is -0.351 e. The second-order valence-electron chi connectivity index (χ2n) is 3.97. The van der Waals surface area contributed by atoms with Gasteiger partial charge < -0.3 is 4.57 Å². The molecule has 0 aliphatic carbocycles. The molecule has 1 rings (SSSR count). The van der Waals surface area contributed by atoms with Gasteiger partial charge in [-0.3, -0.25) is 0 Å².